The Labute approximate surface area is 106 Å². The standard InChI is InChI=1S/C12H9BrN4/c13-10-6-2-3-7-8(10)4-1-5-9(7)11-15-12(14)17-16-11/h1-6H,(H3,14,15,16,17). The number of nitrogens with two attached hydrogens (primary N) is 1. The van der Waals surface area contributed by atoms with Gasteiger partial charge in [-0.2, -0.15) is 4.98 Å². The van der Waals surface area contributed by atoms with Crippen LogP contribution in [0.2, 0.25) is 0 Å². The van der Waals surface area contributed by atoms with E-state index in [2.05, 4.69) is 37.2 Å². The lowest BCUT2D eigenvalue weighted by molar-refractivity contribution is 1.10. The monoisotopic (exact) mass is 288 g/mol. The Morgan fingerprint density at radius 2 is 1.82 bits per heavy atom. The zero-order valence-electron chi connectivity index (χ0n) is 8.81. The van der Waals surface area contributed by atoms with Gasteiger partial charge < -0.3 is 5.73 Å². The molecule has 2 aromatic carbocycles. The molecule has 17 heavy (non-hydrogen) atoms. The van der Waals surface area contributed by atoms with Gasteiger partial charge in [0.1, 0.15) is 0 Å². The first kappa shape index (κ1) is 10.3. The SMILES string of the molecule is Nc1n[nH]c(-c2cccc3c(Br)cccc23)n1. The lowest BCUT2D eigenvalue weighted by Gasteiger charge is -2.04. The highest BCUT2D eigenvalue weighted by atomic mass is 79.9. The van der Waals surface area contributed by atoms with Gasteiger partial charge in [0.25, 0.3) is 0 Å². The molecule has 0 radical (unpaired) electrons. The molecule has 0 fully saturated rings. The molecule has 3 aromatic rings. The van der Waals surface area contributed by atoms with Gasteiger partial charge in [-0.3, -0.25) is 5.10 Å². The summed E-state index contributed by atoms with van der Waals surface area (Å²) in [6.07, 6.45) is 0. The molecule has 0 aliphatic heterocycles. The lowest BCUT2D eigenvalue weighted by Crippen LogP contribution is -1.86. The van der Waals surface area contributed by atoms with Gasteiger partial charge in [0, 0.05) is 10.0 Å². The van der Waals surface area contributed by atoms with Crippen LogP contribution in [0.5, 0.6) is 0 Å². The summed E-state index contributed by atoms with van der Waals surface area (Å²) in [7, 11) is 0. The van der Waals surface area contributed by atoms with Crippen molar-refractivity contribution in [2.45, 2.75) is 0 Å². The number of anilines is 1. The first-order chi connectivity index (χ1) is 8.25. The molecule has 0 bridgehead atoms. The maximum absolute atomic E-state index is 5.53. The van der Waals surface area contributed by atoms with E-state index < -0.39 is 0 Å². The van der Waals surface area contributed by atoms with Crippen molar-refractivity contribution in [2.24, 2.45) is 0 Å². The van der Waals surface area contributed by atoms with E-state index >= 15 is 0 Å². The number of rotatable bonds is 1. The highest BCUT2D eigenvalue weighted by molar-refractivity contribution is 9.10. The zero-order chi connectivity index (χ0) is 11.8. The van der Waals surface area contributed by atoms with Crippen LogP contribution in [0, 0.1) is 0 Å². The van der Waals surface area contributed by atoms with E-state index in [1.807, 2.05) is 30.3 Å². The fraction of sp³-hybridized carbons (Fsp3) is 0. The van der Waals surface area contributed by atoms with Gasteiger partial charge in [-0.05, 0) is 16.8 Å². The summed E-state index contributed by atoms with van der Waals surface area (Å²) in [5, 5.41) is 8.93. The number of hydrogen-bond donors (Lipinski definition) is 2. The second-order valence-corrected chi connectivity index (χ2v) is 4.54. The molecule has 4 nitrogen and oxygen atoms in total. The van der Waals surface area contributed by atoms with Gasteiger partial charge in [-0.15, -0.1) is 5.10 Å². The number of fused-ring (bicyclic) bond motifs is 1. The van der Waals surface area contributed by atoms with Crippen molar-refractivity contribution in [3.8, 4) is 11.4 Å². The van der Waals surface area contributed by atoms with Crippen molar-refractivity contribution in [3.05, 3.63) is 40.9 Å². The van der Waals surface area contributed by atoms with Crippen molar-refractivity contribution in [2.75, 3.05) is 5.73 Å². The molecular weight excluding hydrogens is 280 g/mol. The van der Waals surface area contributed by atoms with Gasteiger partial charge >= 0.3 is 0 Å². The van der Waals surface area contributed by atoms with Crippen molar-refractivity contribution in [3.63, 3.8) is 0 Å². The van der Waals surface area contributed by atoms with Crippen LogP contribution in [0.4, 0.5) is 5.95 Å². The van der Waals surface area contributed by atoms with Crippen LogP contribution in [0.1, 0.15) is 0 Å². The third kappa shape index (κ3) is 1.68. The van der Waals surface area contributed by atoms with E-state index in [9.17, 15) is 0 Å². The third-order valence-electron chi connectivity index (χ3n) is 2.63. The maximum atomic E-state index is 5.53. The van der Waals surface area contributed by atoms with Crippen molar-refractivity contribution >= 4 is 32.7 Å². The van der Waals surface area contributed by atoms with Crippen LogP contribution in [-0.4, -0.2) is 15.2 Å². The predicted octanol–water partition coefficient (Wildman–Crippen LogP) is 2.97. The molecule has 0 atom stereocenters. The van der Waals surface area contributed by atoms with Crippen LogP contribution in [0.25, 0.3) is 22.2 Å². The summed E-state index contributed by atoms with van der Waals surface area (Å²) in [6, 6.07) is 12.1. The minimum atomic E-state index is 0.256. The average molecular weight is 289 g/mol. The van der Waals surface area contributed by atoms with Crippen molar-refractivity contribution in [1.29, 1.82) is 0 Å². The minimum Gasteiger partial charge on any atom is -0.366 e. The summed E-state index contributed by atoms with van der Waals surface area (Å²) in [4.78, 5) is 4.16. The molecule has 0 unspecified atom stereocenters. The number of hydrogen-bond acceptors (Lipinski definition) is 3. The van der Waals surface area contributed by atoms with E-state index in [0.717, 1.165) is 20.8 Å². The van der Waals surface area contributed by atoms with Gasteiger partial charge in [-0.25, -0.2) is 0 Å². The summed E-state index contributed by atoms with van der Waals surface area (Å²) in [5.74, 6) is 0.943. The molecule has 0 saturated carbocycles. The summed E-state index contributed by atoms with van der Waals surface area (Å²) >= 11 is 3.54. The number of aromatic amines is 1. The Morgan fingerprint density at radius 1 is 1.06 bits per heavy atom. The maximum Gasteiger partial charge on any atom is 0.239 e. The van der Waals surface area contributed by atoms with Gasteiger partial charge in [-0.1, -0.05) is 46.3 Å². The fourth-order valence-electron chi connectivity index (χ4n) is 1.87. The highest BCUT2D eigenvalue weighted by Crippen LogP contribution is 2.30. The van der Waals surface area contributed by atoms with Crippen LogP contribution in [0.15, 0.2) is 40.9 Å². The van der Waals surface area contributed by atoms with Crippen LogP contribution >= 0.6 is 15.9 Å². The second kappa shape index (κ2) is 3.85. The molecule has 0 aliphatic rings. The molecule has 3 N–H and O–H groups in total. The predicted molar refractivity (Wildman–Crippen MR) is 71.4 cm³/mol. The number of aromatic nitrogens is 3. The molecule has 84 valence electrons. The van der Waals surface area contributed by atoms with Gasteiger partial charge in [0.15, 0.2) is 5.82 Å². The van der Waals surface area contributed by atoms with Crippen LogP contribution in [0.3, 0.4) is 0 Å². The molecule has 0 saturated heterocycles. The van der Waals surface area contributed by atoms with E-state index in [4.69, 9.17) is 5.73 Å². The Kier molecular flexibility index (Phi) is 2.33. The number of benzene rings is 2. The Balaban J connectivity index is 2.34. The van der Waals surface area contributed by atoms with E-state index in [1.165, 1.54) is 0 Å². The number of H-pyrrole nitrogens is 1. The van der Waals surface area contributed by atoms with Crippen LogP contribution < -0.4 is 5.73 Å². The summed E-state index contributed by atoms with van der Waals surface area (Å²) in [6.45, 7) is 0. The minimum absolute atomic E-state index is 0.256. The average Bonchev–Trinajstić information content (AvgIpc) is 2.76. The quantitative estimate of drug-likeness (QED) is 0.723. The number of nitrogens with zero attached hydrogens (tertiary/aromatic N) is 2. The molecule has 0 amide bonds. The largest absolute Gasteiger partial charge is 0.366 e. The fourth-order valence-corrected chi connectivity index (χ4v) is 2.37. The highest BCUT2D eigenvalue weighted by Gasteiger charge is 2.08. The summed E-state index contributed by atoms with van der Waals surface area (Å²) in [5.41, 5.74) is 6.52. The van der Waals surface area contributed by atoms with Crippen molar-refractivity contribution in [1.82, 2.24) is 15.2 Å². The van der Waals surface area contributed by atoms with E-state index in [1.54, 1.807) is 0 Å². The number of halogens is 1. The van der Waals surface area contributed by atoms with E-state index in [-0.39, 0.29) is 5.95 Å². The first-order valence-electron chi connectivity index (χ1n) is 5.11. The molecule has 1 heterocycles. The molecule has 3 rings (SSSR count). The number of nitrogens with one attached hydrogen (secondary N) is 1. The number of nitrogen functional groups attached to an aromatic ring is 1. The van der Waals surface area contributed by atoms with Gasteiger partial charge in [0.2, 0.25) is 5.95 Å². The van der Waals surface area contributed by atoms with E-state index in [0.29, 0.717) is 5.82 Å². The smallest absolute Gasteiger partial charge is 0.239 e. The molecular formula is C12H9BrN4. The normalized spacial score (nSPS) is 10.9. The lowest BCUT2D eigenvalue weighted by atomic mass is 10.0. The van der Waals surface area contributed by atoms with Crippen LogP contribution in [-0.2, 0) is 0 Å². The Morgan fingerprint density at radius 3 is 2.59 bits per heavy atom. The molecule has 1 aromatic heterocycles. The topological polar surface area (TPSA) is 67.6 Å². The Hall–Kier alpha value is -1.88. The van der Waals surface area contributed by atoms with Crippen molar-refractivity contribution < 1.29 is 0 Å². The first-order valence-corrected chi connectivity index (χ1v) is 5.90. The zero-order valence-corrected chi connectivity index (χ0v) is 10.4. The second-order valence-electron chi connectivity index (χ2n) is 3.68. The third-order valence-corrected chi connectivity index (χ3v) is 3.32. The molecule has 5 heteroatoms. The summed E-state index contributed by atoms with van der Waals surface area (Å²) < 4.78 is 1.06. The Bertz CT molecular complexity index is 690. The molecule has 0 aliphatic carbocycles. The van der Waals surface area contributed by atoms with Gasteiger partial charge in [0.05, 0.1) is 0 Å². The molecule has 0 spiro atoms.